The fraction of sp³-hybridized carbons (Fsp3) is 0.273. The van der Waals surface area contributed by atoms with Crippen molar-refractivity contribution in [2.75, 3.05) is 25.7 Å². The van der Waals surface area contributed by atoms with E-state index in [1.165, 1.54) is 20.3 Å². The standard InChI is InChI=1S/C22H23ClN2O4/c1-28-19-13-15(12-18(23)22(19)29-2)8-9-20(26)24-14-16-5-3-6-17(11-16)25-10-4-7-21(25)27/h3,5-6,8-9,11-13H,4,7,10,14H2,1-2H3,(H,24,26)/b9-8+. The molecule has 6 nitrogen and oxygen atoms in total. The fourth-order valence-corrected chi connectivity index (χ4v) is 3.51. The van der Waals surface area contributed by atoms with Gasteiger partial charge >= 0.3 is 0 Å². The summed E-state index contributed by atoms with van der Waals surface area (Å²) >= 11 is 6.18. The van der Waals surface area contributed by atoms with E-state index in [0.29, 0.717) is 29.5 Å². The molecular formula is C22H23ClN2O4. The number of carbonyl (C=O) groups excluding carboxylic acids is 2. The van der Waals surface area contributed by atoms with Crippen molar-refractivity contribution in [2.24, 2.45) is 0 Å². The lowest BCUT2D eigenvalue weighted by atomic mass is 10.1. The van der Waals surface area contributed by atoms with Gasteiger partial charge in [-0.1, -0.05) is 23.7 Å². The van der Waals surface area contributed by atoms with E-state index in [0.717, 1.165) is 29.8 Å². The summed E-state index contributed by atoms with van der Waals surface area (Å²) < 4.78 is 10.5. The molecule has 1 heterocycles. The number of methoxy groups -OCH3 is 2. The molecule has 1 fully saturated rings. The Bertz CT molecular complexity index is 942. The summed E-state index contributed by atoms with van der Waals surface area (Å²) in [4.78, 5) is 25.9. The van der Waals surface area contributed by atoms with Crippen LogP contribution in [0.1, 0.15) is 24.0 Å². The highest BCUT2D eigenvalue weighted by Crippen LogP contribution is 2.36. The Balaban J connectivity index is 1.62. The van der Waals surface area contributed by atoms with Gasteiger partial charge in [0.05, 0.1) is 19.2 Å². The number of halogens is 1. The number of nitrogens with one attached hydrogen (secondary N) is 1. The third kappa shape index (κ3) is 5.09. The highest BCUT2D eigenvalue weighted by molar-refractivity contribution is 6.32. The Labute approximate surface area is 175 Å². The molecule has 1 aliphatic heterocycles. The third-order valence-electron chi connectivity index (χ3n) is 4.65. The predicted octanol–water partition coefficient (Wildman–Crippen LogP) is 3.81. The molecule has 7 heteroatoms. The second-order valence-corrected chi connectivity index (χ2v) is 7.02. The number of hydrogen-bond donors (Lipinski definition) is 1. The highest BCUT2D eigenvalue weighted by atomic mass is 35.5. The molecule has 0 saturated carbocycles. The summed E-state index contributed by atoms with van der Waals surface area (Å²) in [6.07, 6.45) is 4.56. The first-order valence-electron chi connectivity index (χ1n) is 9.28. The maximum Gasteiger partial charge on any atom is 0.244 e. The van der Waals surface area contributed by atoms with Crippen molar-refractivity contribution in [3.8, 4) is 11.5 Å². The van der Waals surface area contributed by atoms with Crippen LogP contribution in [0.15, 0.2) is 42.5 Å². The number of ether oxygens (including phenoxy) is 2. The van der Waals surface area contributed by atoms with Gasteiger partial charge in [-0.3, -0.25) is 9.59 Å². The zero-order valence-electron chi connectivity index (χ0n) is 16.4. The first kappa shape index (κ1) is 20.7. The van der Waals surface area contributed by atoms with Crippen LogP contribution in [-0.4, -0.2) is 32.6 Å². The number of carbonyl (C=O) groups is 2. The van der Waals surface area contributed by atoms with Gasteiger partial charge in [0.1, 0.15) is 0 Å². The van der Waals surface area contributed by atoms with Crippen LogP contribution in [0.5, 0.6) is 11.5 Å². The van der Waals surface area contributed by atoms with Gasteiger partial charge in [-0.2, -0.15) is 0 Å². The summed E-state index contributed by atoms with van der Waals surface area (Å²) in [5.74, 6) is 0.849. The van der Waals surface area contributed by atoms with Gasteiger partial charge in [-0.05, 0) is 47.9 Å². The molecule has 1 aliphatic rings. The van der Waals surface area contributed by atoms with Crippen molar-refractivity contribution < 1.29 is 19.1 Å². The van der Waals surface area contributed by atoms with E-state index in [-0.39, 0.29) is 11.8 Å². The van der Waals surface area contributed by atoms with Gasteiger partial charge in [-0.25, -0.2) is 0 Å². The van der Waals surface area contributed by atoms with E-state index < -0.39 is 0 Å². The maximum absolute atomic E-state index is 12.2. The monoisotopic (exact) mass is 414 g/mol. The summed E-state index contributed by atoms with van der Waals surface area (Å²) in [5, 5.41) is 3.25. The largest absolute Gasteiger partial charge is 0.493 e. The lowest BCUT2D eigenvalue weighted by molar-refractivity contribution is -0.117. The minimum Gasteiger partial charge on any atom is -0.493 e. The Morgan fingerprint density at radius 3 is 2.76 bits per heavy atom. The van der Waals surface area contributed by atoms with Gasteiger partial charge in [0.2, 0.25) is 11.8 Å². The van der Waals surface area contributed by atoms with Gasteiger partial charge in [0.15, 0.2) is 11.5 Å². The van der Waals surface area contributed by atoms with Crippen molar-refractivity contribution in [1.82, 2.24) is 5.32 Å². The average Bonchev–Trinajstić information content (AvgIpc) is 3.16. The van der Waals surface area contributed by atoms with Gasteiger partial charge in [0, 0.05) is 31.3 Å². The SMILES string of the molecule is COc1cc(/C=C/C(=O)NCc2cccc(N3CCCC3=O)c2)cc(Cl)c1OC. The minimum absolute atomic E-state index is 0.141. The van der Waals surface area contributed by atoms with Gasteiger partial charge in [-0.15, -0.1) is 0 Å². The first-order chi connectivity index (χ1) is 14.0. The fourth-order valence-electron chi connectivity index (χ4n) is 3.21. The van der Waals surface area contributed by atoms with Crippen molar-refractivity contribution >= 4 is 35.2 Å². The number of hydrogen-bond acceptors (Lipinski definition) is 4. The van der Waals surface area contributed by atoms with E-state index in [4.69, 9.17) is 21.1 Å². The van der Waals surface area contributed by atoms with E-state index in [1.807, 2.05) is 24.3 Å². The van der Waals surface area contributed by atoms with Crippen LogP contribution in [0.4, 0.5) is 5.69 Å². The maximum atomic E-state index is 12.2. The zero-order valence-corrected chi connectivity index (χ0v) is 17.2. The van der Waals surface area contributed by atoms with Gasteiger partial charge in [0.25, 0.3) is 0 Å². The topological polar surface area (TPSA) is 67.9 Å². The normalized spacial score (nSPS) is 13.8. The Kier molecular flexibility index (Phi) is 6.77. The summed E-state index contributed by atoms with van der Waals surface area (Å²) in [6.45, 7) is 1.11. The van der Waals surface area contributed by atoms with Crippen molar-refractivity contribution in [1.29, 1.82) is 0 Å². The van der Waals surface area contributed by atoms with E-state index >= 15 is 0 Å². The molecule has 1 saturated heterocycles. The van der Waals surface area contributed by atoms with Crippen LogP contribution >= 0.6 is 11.6 Å². The van der Waals surface area contributed by atoms with Crippen LogP contribution in [0.2, 0.25) is 5.02 Å². The number of rotatable bonds is 7. The smallest absolute Gasteiger partial charge is 0.244 e. The lowest BCUT2D eigenvalue weighted by Crippen LogP contribution is -2.24. The number of nitrogens with zero attached hydrogens (tertiary/aromatic N) is 1. The zero-order chi connectivity index (χ0) is 20.8. The van der Waals surface area contributed by atoms with Gasteiger partial charge < -0.3 is 19.7 Å². The number of benzene rings is 2. The quantitative estimate of drug-likeness (QED) is 0.699. The first-order valence-corrected chi connectivity index (χ1v) is 9.66. The Morgan fingerprint density at radius 1 is 1.24 bits per heavy atom. The van der Waals surface area contributed by atoms with E-state index in [9.17, 15) is 9.59 Å². The molecule has 2 aromatic carbocycles. The molecule has 0 atom stereocenters. The molecule has 2 aromatic rings. The minimum atomic E-state index is -0.237. The molecule has 0 aromatic heterocycles. The molecule has 0 unspecified atom stereocenters. The second-order valence-electron chi connectivity index (χ2n) is 6.61. The Hall–Kier alpha value is -2.99. The summed E-state index contributed by atoms with van der Waals surface area (Å²) in [5.41, 5.74) is 2.52. The molecule has 0 bridgehead atoms. The Morgan fingerprint density at radius 2 is 2.07 bits per heavy atom. The second kappa shape index (κ2) is 9.47. The summed E-state index contributed by atoms with van der Waals surface area (Å²) in [7, 11) is 3.04. The van der Waals surface area contributed by atoms with Crippen LogP contribution in [0.3, 0.4) is 0 Å². The molecule has 0 aliphatic carbocycles. The molecule has 2 amide bonds. The molecule has 152 valence electrons. The molecule has 0 radical (unpaired) electrons. The predicted molar refractivity (Wildman–Crippen MR) is 113 cm³/mol. The number of anilines is 1. The molecular weight excluding hydrogens is 392 g/mol. The highest BCUT2D eigenvalue weighted by Gasteiger charge is 2.21. The molecule has 3 rings (SSSR count). The van der Waals surface area contributed by atoms with Crippen molar-refractivity contribution in [3.05, 3.63) is 58.6 Å². The van der Waals surface area contributed by atoms with E-state index in [1.54, 1.807) is 23.1 Å². The average molecular weight is 415 g/mol. The lowest BCUT2D eigenvalue weighted by Gasteiger charge is -2.16. The molecule has 1 N–H and O–H groups in total. The van der Waals surface area contributed by atoms with E-state index in [2.05, 4.69) is 5.32 Å². The van der Waals surface area contributed by atoms with Crippen LogP contribution in [-0.2, 0) is 16.1 Å². The molecule has 0 spiro atoms. The number of amides is 2. The van der Waals surface area contributed by atoms with Crippen LogP contribution in [0, 0.1) is 0 Å². The van der Waals surface area contributed by atoms with Crippen molar-refractivity contribution in [2.45, 2.75) is 19.4 Å². The summed E-state index contributed by atoms with van der Waals surface area (Å²) in [6, 6.07) is 11.1. The van der Waals surface area contributed by atoms with Crippen LogP contribution < -0.4 is 19.7 Å². The van der Waals surface area contributed by atoms with Crippen LogP contribution in [0.25, 0.3) is 6.08 Å². The molecule has 29 heavy (non-hydrogen) atoms. The van der Waals surface area contributed by atoms with Crippen molar-refractivity contribution in [3.63, 3.8) is 0 Å². The third-order valence-corrected chi connectivity index (χ3v) is 4.93.